The van der Waals surface area contributed by atoms with Crippen LogP contribution >= 0.6 is 0 Å². The average Bonchev–Trinajstić information content (AvgIpc) is 2.38. The number of para-hydroxylation sites is 1. The number of aromatic nitrogens is 2. The molecule has 0 bridgehead atoms. The van der Waals surface area contributed by atoms with Crippen LogP contribution in [0.3, 0.4) is 0 Å². The van der Waals surface area contributed by atoms with Crippen LogP contribution in [0.15, 0.2) is 42.9 Å². The number of benzene rings is 1. The van der Waals surface area contributed by atoms with Crippen molar-refractivity contribution < 1.29 is 9.53 Å². The van der Waals surface area contributed by atoms with Crippen LogP contribution in [-0.2, 0) is 6.61 Å². The Hall–Kier alpha value is -2.23. The molecule has 0 unspecified atom stereocenters. The monoisotopic (exact) mass is 228 g/mol. The molecule has 0 N–H and O–H groups in total. The summed E-state index contributed by atoms with van der Waals surface area (Å²) in [7, 11) is 0. The molecule has 0 radical (unpaired) electrons. The second kappa shape index (κ2) is 5.21. The largest absolute Gasteiger partial charge is 0.486 e. The van der Waals surface area contributed by atoms with Crippen LogP contribution in [0.4, 0.5) is 0 Å². The first-order chi connectivity index (χ1) is 8.27. The van der Waals surface area contributed by atoms with Gasteiger partial charge in [0.2, 0.25) is 0 Å². The fourth-order valence-corrected chi connectivity index (χ4v) is 1.44. The second-order valence-electron chi connectivity index (χ2n) is 3.54. The Morgan fingerprint density at radius 3 is 2.82 bits per heavy atom. The molecule has 0 spiro atoms. The van der Waals surface area contributed by atoms with Crippen LogP contribution in [0, 0.1) is 0 Å². The first-order valence-electron chi connectivity index (χ1n) is 5.25. The Morgan fingerprint density at radius 2 is 2.12 bits per heavy atom. The summed E-state index contributed by atoms with van der Waals surface area (Å²) >= 11 is 0. The summed E-state index contributed by atoms with van der Waals surface area (Å²) in [6.07, 6.45) is 4.85. The summed E-state index contributed by atoms with van der Waals surface area (Å²) < 4.78 is 5.56. The van der Waals surface area contributed by atoms with Crippen LogP contribution in [0.2, 0.25) is 0 Å². The van der Waals surface area contributed by atoms with E-state index in [1.807, 2.05) is 12.1 Å². The minimum Gasteiger partial charge on any atom is -0.486 e. The van der Waals surface area contributed by atoms with E-state index in [4.69, 9.17) is 4.74 Å². The van der Waals surface area contributed by atoms with E-state index < -0.39 is 0 Å². The first-order valence-corrected chi connectivity index (χ1v) is 5.25. The number of hydrogen-bond donors (Lipinski definition) is 0. The highest BCUT2D eigenvalue weighted by molar-refractivity contribution is 5.96. The van der Waals surface area contributed by atoms with Crippen molar-refractivity contribution in [1.29, 1.82) is 0 Å². The van der Waals surface area contributed by atoms with Crippen molar-refractivity contribution in [3.63, 3.8) is 0 Å². The molecule has 17 heavy (non-hydrogen) atoms. The lowest BCUT2D eigenvalue weighted by atomic mass is 10.1. The van der Waals surface area contributed by atoms with Gasteiger partial charge in [-0.05, 0) is 19.1 Å². The maximum atomic E-state index is 11.4. The molecule has 0 aliphatic heterocycles. The molecule has 0 amide bonds. The van der Waals surface area contributed by atoms with E-state index in [9.17, 15) is 4.79 Å². The topological polar surface area (TPSA) is 52.1 Å². The molecule has 0 saturated carbocycles. The van der Waals surface area contributed by atoms with Crippen LogP contribution in [0.25, 0.3) is 0 Å². The van der Waals surface area contributed by atoms with Crippen molar-refractivity contribution in [3.05, 3.63) is 54.1 Å². The summed E-state index contributed by atoms with van der Waals surface area (Å²) in [5.41, 5.74) is 1.31. The second-order valence-corrected chi connectivity index (χ2v) is 3.54. The molecule has 86 valence electrons. The first kappa shape index (κ1) is 11.3. The zero-order valence-electron chi connectivity index (χ0n) is 9.46. The highest BCUT2D eigenvalue weighted by Gasteiger charge is 2.07. The van der Waals surface area contributed by atoms with Crippen LogP contribution in [0.1, 0.15) is 23.0 Å². The van der Waals surface area contributed by atoms with Crippen LogP contribution in [-0.4, -0.2) is 15.8 Å². The minimum atomic E-state index is -0.0141. The molecule has 1 heterocycles. The Labute approximate surface area is 99.3 Å². The van der Waals surface area contributed by atoms with Crippen LogP contribution < -0.4 is 4.74 Å². The van der Waals surface area contributed by atoms with Gasteiger partial charge in [0.25, 0.3) is 0 Å². The summed E-state index contributed by atoms with van der Waals surface area (Å²) in [6.45, 7) is 1.82. The van der Waals surface area contributed by atoms with Gasteiger partial charge in [-0.2, -0.15) is 0 Å². The van der Waals surface area contributed by atoms with Gasteiger partial charge in [-0.1, -0.05) is 12.1 Å². The standard InChI is InChI=1S/C13H12N2O2/c1-10(16)12-4-2-3-5-13(12)17-9-11-8-14-6-7-15-11/h2-8H,9H2,1H3. The van der Waals surface area contributed by atoms with E-state index >= 15 is 0 Å². The molecule has 2 aromatic rings. The molecular formula is C13H12N2O2. The smallest absolute Gasteiger partial charge is 0.163 e. The van der Waals surface area contributed by atoms with Crippen molar-refractivity contribution in [2.45, 2.75) is 13.5 Å². The van der Waals surface area contributed by atoms with E-state index in [2.05, 4.69) is 9.97 Å². The van der Waals surface area contributed by atoms with E-state index in [1.165, 1.54) is 6.92 Å². The van der Waals surface area contributed by atoms with Crippen molar-refractivity contribution >= 4 is 5.78 Å². The quantitative estimate of drug-likeness (QED) is 0.753. The predicted molar refractivity (Wildman–Crippen MR) is 62.8 cm³/mol. The van der Waals surface area contributed by atoms with Gasteiger partial charge in [-0.25, -0.2) is 0 Å². The van der Waals surface area contributed by atoms with Gasteiger partial charge in [-0.15, -0.1) is 0 Å². The fourth-order valence-electron chi connectivity index (χ4n) is 1.44. The Balaban J connectivity index is 2.12. The third kappa shape index (κ3) is 2.87. The number of Topliss-reactive ketones (excluding diaryl/α,β-unsaturated/α-hetero) is 1. The molecule has 0 atom stereocenters. The normalized spacial score (nSPS) is 9.94. The lowest BCUT2D eigenvalue weighted by Crippen LogP contribution is -2.02. The maximum absolute atomic E-state index is 11.4. The summed E-state index contributed by atoms with van der Waals surface area (Å²) in [6, 6.07) is 7.16. The number of hydrogen-bond acceptors (Lipinski definition) is 4. The average molecular weight is 228 g/mol. The van der Waals surface area contributed by atoms with Gasteiger partial charge in [0, 0.05) is 12.4 Å². The number of nitrogens with zero attached hydrogens (tertiary/aromatic N) is 2. The predicted octanol–water partition coefficient (Wildman–Crippen LogP) is 2.26. The zero-order valence-corrected chi connectivity index (χ0v) is 9.46. The molecular weight excluding hydrogens is 216 g/mol. The molecule has 1 aromatic carbocycles. The lowest BCUT2D eigenvalue weighted by molar-refractivity contribution is 0.101. The molecule has 4 heteroatoms. The van der Waals surface area contributed by atoms with E-state index in [1.54, 1.807) is 30.7 Å². The fraction of sp³-hybridized carbons (Fsp3) is 0.154. The molecule has 0 saturated heterocycles. The van der Waals surface area contributed by atoms with Gasteiger partial charge in [0.05, 0.1) is 17.5 Å². The van der Waals surface area contributed by atoms with Gasteiger partial charge in [0.1, 0.15) is 12.4 Å². The molecule has 0 aliphatic carbocycles. The highest BCUT2D eigenvalue weighted by Crippen LogP contribution is 2.19. The Kier molecular flexibility index (Phi) is 3.45. The van der Waals surface area contributed by atoms with Gasteiger partial charge in [0.15, 0.2) is 5.78 Å². The molecule has 4 nitrogen and oxygen atoms in total. The third-order valence-corrected chi connectivity index (χ3v) is 2.26. The number of rotatable bonds is 4. The lowest BCUT2D eigenvalue weighted by Gasteiger charge is -2.08. The molecule has 0 fully saturated rings. The van der Waals surface area contributed by atoms with Crippen LogP contribution in [0.5, 0.6) is 5.75 Å². The van der Waals surface area contributed by atoms with Crippen molar-refractivity contribution in [2.75, 3.05) is 0 Å². The van der Waals surface area contributed by atoms with Gasteiger partial charge in [-0.3, -0.25) is 14.8 Å². The highest BCUT2D eigenvalue weighted by atomic mass is 16.5. The Morgan fingerprint density at radius 1 is 1.29 bits per heavy atom. The van der Waals surface area contributed by atoms with Gasteiger partial charge < -0.3 is 4.74 Å². The summed E-state index contributed by atoms with van der Waals surface area (Å²) in [4.78, 5) is 19.4. The van der Waals surface area contributed by atoms with Crippen molar-refractivity contribution in [1.82, 2.24) is 9.97 Å². The number of carbonyl (C=O) groups excluding carboxylic acids is 1. The van der Waals surface area contributed by atoms with Gasteiger partial charge >= 0.3 is 0 Å². The Bertz CT molecular complexity index is 512. The van der Waals surface area contributed by atoms with E-state index in [0.29, 0.717) is 17.9 Å². The van der Waals surface area contributed by atoms with E-state index in [0.717, 1.165) is 5.69 Å². The zero-order chi connectivity index (χ0) is 12.1. The number of carbonyl (C=O) groups is 1. The summed E-state index contributed by atoms with van der Waals surface area (Å²) in [5.74, 6) is 0.561. The number of ether oxygens (including phenoxy) is 1. The SMILES string of the molecule is CC(=O)c1ccccc1OCc1cnccn1. The minimum absolute atomic E-state index is 0.0141. The third-order valence-electron chi connectivity index (χ3n) is 2.26. The molecule has 1 aromatic heterocycles. The molecule has 2 rings (SSSR count). The van der Waals surface area contributed by atoms with Crippen molar-refractivity contribution in [2.24, 2.45) is 0 Å². The maximum Gasteiger partial charge on any atom is 0.163 e. The van der Waals surface area contributed by atoms with Crippen molar-refractivity contribution in [3.8, 4) is 5.75 Å². The molecule has 0 aliphatic rings. The van der Waals surface area contributed by atoms with E-state index in [-0.39, 0.29) is 5.78 Å². The number of ketones is 1. The summed E-state index contributed by atoms with van der Waals surface area (Å²) in [5, 5.41) is 0.